The third kappa shape index (κ3) is 4.42. The highest BCUT2D eigenvalue weighted by Crippen LogP contribution is 2.23. The van der Waals surface area contributed by atoms with Crippen molar-refractivity contribution in [1.29, 1.82) is 0 Å². The fraction of sp³-hybridized carbons (Fsp3) is 0.368. The zero-order valence-corrected chi connectivity index (χ0v) is 12.9. The third-order valence-electron chi connectivity index (χ3n) is 4.00. The molecule has 0 heterocycles. The predicted octanol–water partition coefficient (Wildman–Crippen LogP) is 3.34. The lowest BCUT2D eigenvalue weighted by Crippen LogP contribution is -2.26. The zero-order valence-electron chi connectivity index (χ0n) is 12.9. The van der Waals surface area contributed by atoms with Gasteiger partial charge in [-0.1, -0.05) is 59.7 Å². The minimum Gasteiger partial charge on any atom is -0.392 e. The second-order valence-electron chi connectivity index (χ2n) is 5.85. The summed E-state index contributed by atoms with van der Waals surface area (Å²) in [7, 11) is 0. The Balaban J connectivity index is 2.02. The maximum atomic E-state index is 10.5. The van der Waals surface area contributed by atoms with Crippen LogP contribution < -0.4 is 5.73 Å². The predicted molar refractivity (Wildman–Crippen MR) is 88.5 cm³/mol. The van der Waals surface area contributed by atoms with Crippen molar-refractivity contribution in [3.63, 3.8) is 0 Å². The van der Waals surface area contributed by atoms with Gasteiger partial charge in [0.1, 0.15) is 0 Å². The van der Waals surface area contributed by atoms with Gasteiger partial charge in [-0.15, -0.1) is 0 Å². The van der Waals surface area contributed by atoms with E-state index in [1.165, 1.54) is 16.7 Å². The van der Waals surface area contributed by atoms with Crippen molar-refractivity contribution in [2.24, 2.45) is 5.73 Å². The summed E-state index contributed by atoms with van der Waals surface area (Å²) in [5.41, 5.74) is 10.8. The Morgan fingerprint density at radius 3 is 2.29 bits per heavy atom. The van der Waals surface area contributed by atoms with Crippen molar-refractivity contribution in [2.45, 2.75) is 38.7 Å². The minimum atomic E-state index is -0.405. The Labute approximate surface area is 127 Å². The lowest BCUT2D eigenvalue weighted by Gasteiger charge is -2.22. The number of hydrogen-bond donors (Lipinski definition) is 2. The maximum absolute atomic E-state index is 10.5. The molecule has 2 nitrogen and oxygen atoms in total. The van der Waals surface area contributed by atoms with Crippen LogP contribution >= 0.6 is 0 Å². The highest BCUT2D eigenvalue weighted by atomic mass is 16.3. The first-order valence-electron chi connectivity index (χ1n) is 7.60. The average molecular weight is 283 g/mol. The zero-order chi connectivity index (χ0) is 15.2. The first kappa shape index (κ1) is 15.7. The Kier molecular flexibility index (Phi) is 5.54. The van der Waals surface area contributed by atoms with Crippen LogP contribution in [0.15, 0.2) is 48.5 Å². The van der Waals surface area contributed by atoms with Crippen LogP contribution in [0.25, 0.3) is 0 Å². The monoisotopic (exact) mass is 283 g/mol. The van der Waals surface area contributed by atoms with Crippen LogP contribution in [-0.2, 0) is 6.42 Å². The molecule has 2 heteroatoms. The molecule has 21 heavy (non-hydrogen) atoms. The summed E-state index contributed by atoms with van der Waals surface area (Å²) >= 11 is 0. The molecule has 0 saturated heterocycles. The van der Waals surface area contributed by atoms with Gasteiger partial charge in [-0.3, -0.25) is 0 Å². The lowest BCUT2D eigenvalue weighted by molar-refractivity contribution is 0.136. The van der Waals surface area contributed by atoms with Crippen molar-refractivity contribution in [3.8, 4) is 0 Å². The number of nitrogens with two attached hydrogens (primary N) is 1. The van der Waals surface area contributed by atoms with Gasteiger partial charge >= 0.3 is 0 Å². The van der Waals surface area contributed by atoms with Crippen molar-refractivity contribution < 1.29 is 5.11 Å². The molecule has 112 valence electrons. The van der Waals surface area contributed by atoms with Crippen LogP contribution in [0.2, 0.25) is 0 Å². The maximum Gasteiger partial charge on any atom is 0.0624 e. The minimum absolute atomic E-state index is 0.00899. The van der Waals surface area contributed by atoms with E-state index in [2.05, 4.69) is 56.3 Å². The third-order valence-corrected chi connectivity index (χ3v) is 4.00. The van der Waals surface area contributed by atoms with E-state index in [4.69, 9.17) is 5.73 Å². The van der Waals surface area contributed by atoms with Crippen LogP contribution in [0.4, 0.5) is 0 Å². The van der Waals surface area contributed by atoms with E-state index in [1.807, 2.05) is 6.07 Å². The topological polar surface area (TPSA) is 46.2 Å². The van der Waals surface area contributed by atoms with Crippen molar-refractivity contribution in [2.75, 3.05) is 6.54 Å². The molecular weight excluding hydrogens is 258 g/mol. The molecule has 2 aromatic carbocycles. The number of rotatable bonds is 6. The normalized spacial score (nSPS) is 13.9. The molecule has 0 radical (unpaired) electrons. The van der Waals surface area contributed by atoms with Gasteiger partial charge in [-0.25, -0.2) is 0 Å². The number of aliphatic hydroxyl groups is 1. The standard InChI is InChI=1S/C19H25NO/c1-14-5-3-7-16(11-14)9-10-19(21)18(13-20)17-8-4-6-15(2)12-17/h3-8,11-12,18-19,21H,9-10,13,20H2,1-2H3. The number of benzene rings is 2. The molecule has 0 amide bonds. The Morgan fingerprint density at radius 1 is 1.00 bits per heavy atom. The molecule has 2 rings (SSSR count). The summed E-state index contributed by atoms with van der Waals surface area (Å²) in [4.78, 5) is 0. The average Bonchev–Trinajstić information content (AvgIpc) is 2.46. The second kappa shape index (κ2) is 7.39. The quantitative estimate of drug-likeness (QED) is 0.854. The van der Waals surface area contributed by atoms with Gasteiger partial charge in [0.25, 0.3) is 0 Å². The molecule has 0 bridgehead atoms. The molecular formula is C19H25NO. The second-order valence-corrected chi connectivity index (χ2v) is 5.85. The van der Waals surface area contributed by atoms with E-state index in [9.17, 15) is 5.11 Å². The number of hydrogen-bond acceptors (Lipinski definition) is 2. The van der Waals surface area contributed by atoms with Gasteiger partial charge in [0, 0.05) is 12.5 Å². The van der Waals surface area contributed by atoms with E-state index in [1.54, 1.807) is 0 Å². The van der Waals surface area contributed by atoms with Gasteiger partial charge in [0.2, 0.25) is 0 Å². The highest BCUT2D eigenvalue weighted by molar-refractivity contribution is 5.27. The number of aliphatic hydroxyl groups excluding tert-OH is 1. The van der Waals surface area contributed by atoms with E-state index in [-0.39, 0.29) is 5.92 Å². The molecule has 2 atom stereocenters. The molecule has 0 aliphatic rings. The van der Waals surface area contributed by atoms with Gasteiger partial charge in [-0.2, -0.15) is 0 Å². The summed E-state index contributed by atoms with van der Waals surface area (Å²) in [5.74, 6) is 0.00899. The first-order valence-corrected chi connectivity index (χ1v) is 7.60. The van der Waals surface area contributed by atoms with Crippen LogP contribution in [0.5, 0.6) is 0 Å². The SMILES string of the molecule is Cc1cccc(CCC(O)C(CN)c2cccc(C)c2)c1. The van der Waals surface area contributed by atoms with Crippen molar-refractivity contribution in [3.05, 3.63) is 70.8 Å². The molecule has 2 unspecified atom stereocenters. The van der Waals surface area contributed by atoms with Gasteiger partial charge < -0.3 is 10.8 Å². The highest BCUT2D eigenvalue weighted by Gasteiger charge is 2.19. The molecule has 0 saturated carbocycles. The molecule has 0 fully saturated rings. The van der Waals surface area contributed by atoms with Crippen molar-refractivity contribution >= 4 is 0 Å². The molecule has 0 aliphatic heterocycles. The van der Waals surface area contributed by atoms with Gasteiger partial charge in [-0.05, 0) is 37.8 Å². The Hall–Kier alpha value is -1.64. The van der Waals surface area contributed by atoms with Crippen LogP contribution in [0.3, 0.4) is 0 Å². The molecule has 0 aromatic heterocycles. The summed E-state index contributed by atoms with van der Waals surface area (Å²) in [6.07, 6.45) is 1.21. The number of aryl methyl sites for hydroxylation is 3. The Bertz CT molecular complexity index is 579. The summed E-state index contributed by atoms with van der Waals surface area (Å²) in [5, 5.41) is 10.5. The molecule has 0 spiro atoms. The van der Waals surface area contributed by atoms with Crippen LogP contribution in [0, 0.1) is 13.8 Å². The van der Waals surface area contributed by atoms with Gasteiger partial charge in [0.15, 0.2) is 0 Å². The van der Waals surface area contributed by atoms with E-state index in [0.29, 0.717) is 6.54 Å². The lowest BCUT2D eigenvalue weighted by atomic mass is 9.89. The summed E-state index contributed by atoms with van der Waals surface area (Å²) in [6.45, 7) is 4.63. The smallest absolute Gasteiger partial charge is 0.0624 e. The van der Waals surface area contributed by atoms with Crippen LogP contribution in [-0.4, -0.2) is 17.8 Å². The largest absolute Gasteiger partial charge is 0.392 e. The molecule has 0 aliphatic carbocycles. The van der Waals surface area contributed by atoms with E-state index >= 15 is 0 Å². The summed E-state index contributed by atoms with van der Waals surface area (Å²) < 4.78 is 0. The Morgan fingerprint density at radius 2 is 1.67 bits per heavy atom. The first-order chi connectivity index (χ1) is 10.1. The van der Waals surface area contributed by atoms with Crippen LogP contribution in [0.1, 0.15) is 34.6 Å². The molecule has 2 aromatic rings. The fourth-order valence-corrected chi connectivity index (χ4v) is 2.80. The molecule has 3 N–H and O–H groups in total. The van der Waals surface area contributed by atoms with Gasteiger partial charge in [0.05, 0.1) is 6.10 Å². The van der Waals surface area contributed by atoms with E-state index in [0.717, 1.165) is 18.4 Å². The summed E-state index contributed by atoms with van der Waals surface area (Å²) in [6, 6.07) is 16.7. The van der Waals surface area contributed by atoms with Crippen molar-refractivity contribution in [1.82, 2.24) is 0 Å². The van der Waals surface area contributed by atoms with E-state index < -0.39 is 6.10 Å². The fourth-order valence-electron chi connectivity index (χ4n) is 2.80.